The Bertz CT molecular complexity index is 235. The molecule has 0 unspecified atom stereocenters. The molecule has 4 nitrogen and oxygen atoms in total. The van der Waals surface area contributed by atoms with Crippen LogP contribution in [0.4, 0.5) is 0 Å². The molecule has 0 aromatic carbocycles. The summed E-state index contributed by atoms with van der Waals surface area (Å²) in [7, 11) is 0. The average molecular weight is 262 g/mol. The molecule has 0 aliphatic heterocycles. The van der Waals surface area contributed by atoms with Crippen molar-refractivity contribution in [3.8, 4) is 0 Å². The van der Waals surface area contributed by atoms with Crippen LogP contribution in [0.5, 0.6) is 0 Å². The quantitative estimate of drug-likeness (QED) is 0.391. The summed E-state index contributed by atoms with van der Waals surface area (Å²) in [5.74, 6) is 0. The maximum atomic E-state index is 5.09. The first-order chi connectivity index (χ1) is 6.99. The Balaban J connectivity index is 3.90. The molecule has 0 rings (SSSR count). The van der Waals surface area contributed by atoms with Crippen LogP contribution in [-0.4, -0.2) is 21.3 Å². The summed E-state index contributed by atoms with van der Waals surface area (Å²) in [4.78, 5) is 0. The summed E-state index contributed by atoms with van der Waals surface area (Å²) < 4.78 is 0. The molecule has 0 aliphatic carbocycles. The van der Waals surface area contributed by atoms with Gasteiger partial charge in [0.25, 0.3) is 0 Å². The molecule has 0 heterocycles. The molecule has 4 N–H and O–H groups in total. The van der Waals surface area contributed by atoms with E-state index in [4.69, 9.17) is 24.4 Å². The van der Waals surface area contributed by atoms with E-state index in [1.165, 1.54) is 0 Å². The molecule has 0 saturated heterocycles. The second kappa shape index (κ2) is 5.63. The van der Waals surface area contributed by atoms with Crippen molar-refractivity contribution in [3.05, 3.63) is 0 Å². The summed E-state index contributed by atoms with van der Waals surface area (Å²) in [6, 6.07) is 0. The molecule has 0 radical (unpaired) electrons. The Morgan fingerprint density at radius 2 is 0.938 bits per heavy atom. The number of hydrazine groups is 1. The molecule has 0 aromatic heterocycles. The van der Waals surface area contributed by atoms with Gasteiger partial charge >= 0.3 is 0 Å². The number of rotatable bonds is 0. The van der Waals surface area contributed by atoms with Gasteiger partial charge in [-0.3, -0.25) is 10.9 Å². The topological polar surface area (TPSA) is 48.1 Å². The molecule has 0 saturated carbocycles. The third-order valence-electron chi connectivity index (χ3n) is 1.27. The Kier molecular flexibility index (Phi) is 5.41. The second-order valence-electron chi connectivity index (χ2n) is 5.66. The van der Waals surface area contributed by atoms with Gasteiger partial charge in [0.2, 0.25) is 0 Å². The number of thiocarbonyl (C=S) groups is 2. The van der Waals surface area contributed by atoms with Crippen LogP contribution in [0, 0.1) is 0 Å². The summed E-state index contributed by atoms with van der Waals surface area (Å²) >= 11 is 10.2. The van der Waals surface area contributed by atoms with Crippen molar-refractivity contribution in [2.24, 2.45) is 0 Å². The molecule has 0 bridgehead atoms. The molecule has 94 valence electrons. The zero-order valence-electron chi connectivity index (χ0n) is 10.8. The van der Waals surface area contributed by atoms with Gasteiger partial charge in [0.05, 0.1) is 0 Å². The van der Waals surface area contributed by atoms with Crippen LogP contribution < -0.4 is 21.5 Å². The summed E-state index contributed by atoms with van der Waals surface area (Å²) in [6.45, 7) is 12.2. The van der Waals surface area contributed by atoms with Crippen LogP contribution >= 0.6 is 24.4 Å². The third kappa shape index (κ3) is 9.92. The first-order valence-corrected chi connectivity index (χ1v) is 5.97. The largest absolute Gasteiger partial charge is 0.357 e. The minimum Gasteiger partial charge on any atom is -0.357 e. The van der Waals surface area contributed by atoms with E-state index in [0.29, 0.717) is 10.2 Å². The van der Waals surface area contributed by atoms with E-state index in [1.807, 2.05) is 41.5 Å². The zero-order valence-corrected chi connectivity index (χ0v) is 12.4. The van der Waals surface area contributed by atoms with E-state index in [-0.39, 0.29) is 11.1 Å². The van der Waals surface area contributed by atoms with Gasteiger partial charge in [-0.15, -0.1) is 0 Å². The third-order valence-corrected chi connectivity index (χ3v) is 1.67. The fourth-order valence-electron chi connectivity index (χ4n) is 0.857. The smallest absolute Gasteiger partial charge is 0.185 e. The highest BCUT2D eigenvalue weighted by Crippen LogP contribution is 1.98. The van der Waals surface area contributed by atoms with Gasteiger partial charge in [-0.2, -0.15) is 0 Å². The lowest BCUT2D eigenvalue weighted by Gasteiger charge is -2.26. The van der Waals surface area contributed by atoms with Crippen LogP contribution in [0.25, 0.3) is 0 Å². The van der Waals surface area contributed by atoms with Gasteiger partial charge in [-0.1, -0.05) is 0 Å². The lowest BCUT2D eigenvalue weighted by Crippen LogP contribution is -2.56. The van der Waals surface area contributed by atoms with Crippen LogP contribution in [0.3, 0.4) is 0 Å². The standard InChI is InChI=1S/C10H22N4S2/c1-9(2,3)11-7(15)13-14-8(16)12-10(4,5)6/h1-6H3,(H2,11,13,15)(H2,12,14,16). The van der Waals surface area contributed by atoms with Crippen molar-refractivity contribution in [2.45, 2.75) is 52.6 Å². The highest BCUT2D eigenvalue weighted by molar-refractivity contribution is 7.80. The first-order valence-electron chi connectivity index (χ1n) is 5.16. The molecule has 0 amide bonds. The Morgan fingerprint density at radius 3 is 1.12 bits per heavy atom. The Labute approximate surface area is 109 Å². The molecule has 6 heteroatoms. The summed E-state index contributed by atoms with van der Waals surface area (Å²) in [5.41, 5.74) is 5.53. The molecule has 0 atom stereocenters. The second-order valence-corrected chi connectivity index (χ2v) is 6.47. The SMILES string of the molecule is CC(C)(C)NC(=S)NNC(=S)NC(C)(C)C. The van der Waals surface area contributed by atoms with Gasteiger partial charge in [0.15, 0.2) is 10.2 Å². The van der Waals surface area contributed by atoms with Gasteiger partial charge in [0.1, 0.15) is 0 Å². The monoisotopic (exact) mass is 262 g/mol. The predicted molar refractivity (Wildman–Crippen MR) is 77.2 cm³/mol. The zero-order chi connectivity index (χ0) is 13.0. The lowest BCUT2D eigenvalue weighted by atomic mass is 10.1. The van der Waals surface area contributed by atoms with Crippen molar-refractivity contribution in [3.63, 3.8) is 0 Å². The van der Waals surface area contributed by atoms with E-state index in [2.05, 4.69) is 21.5 Å². The van der Waals surface area contributed by atoms with E-state index < -0.39 is 0 Å². The first kappa shape index (κ1) is 15.4. The van der Waals surface area contributed by atoms with Crippen molar-refractivity contribution in [1.82, 2.24) is 21.5 Å². The van der Waals surface area contributed by atoms with Crippen molar-refractivity contribution < 1.29 is 0 Å². The number of nitrogens with one attached hydrogen (secondary N) is 4. The molecular weight excluding hydrogens is 240 g/mol. The summed E-state index contributed by atoms with van der Waals surface area (Å²) in [6.07, 6.45) is 0. The molecule has 0 aromatic rings. The van der Waals surface area contributed by atoms with Crippen LogP contribution in [0.15, 0.2) is 0 Å². The van der Waals surface area contributed by atoms with Crippen LogP contribution in [0.1, 0.15) is 41.5 Å². The minimum absolute atomic E-state index is 0.0646. The van der Waals surface area contributed by atoms with Gasteiger partial charge < -0.3 is 10.6 Å². The average Bonchev–Trinajstić information content (AvgIpc) is 1.94. The molecule has 0 aliphatic rings. The van der Waals surface area contributed by atoms with Gasteiger partial charge in [0, 0.05) is 11.1 Å². The fraction of sp³-hybridized carbons (Fsp3) is 0.800. The summed E-state index contributed by atoms with van der Waals surface area (Å²) in [5, 5.41) is 7.25. The highest BCUT2D eigenvalue weighted by atomic mass is 32.1. The van der Waals surface area contributed by atoms with Crippen molar-refractivity contribution in [1.29, 1.82) is 0 Å². The van der Waals surface area contributed by atoms with E-state index in [0.717, 1.165) is 0 Å². The Hall–Kier alpha value is -0.620. The van der Waals surface area contributed by atoms with E-state index in [9.17, 15) is 0 Å². The lowest BCUT2D eigenvalue weighted by molar-refractivity contribution is 0.495. The molecule has 0 fully saturated rings. The number of hydrogen-bond acceptors (Lipinski definition) is 2. The van der Waals surface area contributed by atoms with E-state index >= 15 is 0 Å². The maximum absolute atomic E-state index is 5.09. The normalized spacial score (nSPS) is 11.6. The van der Waals surface area contributed by atoms with Gasteiger partial charge in [-0.05, 0) is 66.0 Å². The molecule has 0 spiro atoms. The van der Waals surface area contributed by atoms with Crippen molar-refractivity contribution >= 4 is 34.7 Å². The Morgan fingerprint density at radius 1 is 0.688 bits per heavy atom. The highest BCUT2D eigenvalue weighted by Gasteiger charge is 2.12. The molecule has 16 heavy (non-hydrogen) atoms. The van der Waals surface area contributed by atoms with Crippen LogP contribution in [-0.2, 0) is 0 Å². The van der Waals surface area contributed by atoms with Crippen molar-refractivity contribution in [2.75, 3.05) is 0 Å². The maximum Gasteiger partial charge on any atom is 0.185 e. The van der Waals surface area contributed by atoms with Crippen LogP contribution in [0.2, 0.25) is 0 Å². The predicted octanol–water partition coefficient (Wildman–Crippen LogP) is 1.43. The fourth-order valence-corrected chi connectivity index (χ4v) is 1.57. The molecular formula is C10H22N4S2. The van der Waals surface area contributed by atoms with E-state index in [1.54, 1.807) is 0 Å². The number of hydrogen-bond donors (Lipinski definition) is 4. The minimum atomic E-state index is -0.0646. The van der Waals surface area contributed by atoms with Gasteiger partial charge in [-0.25, -0.2) is 0 Å².